The maximum Gasteiger partial charge on any atom is 0.0583 e. The number of aliphatic hydroxyl groups excluding tert-OH is 1. The molecule has 3 nitrogen and oxygen atoms in total. The second-order valence-electron chi connectivity index (χ2n) is 10.7. The Balaban J connectivity index is 1.14. The van der Waals surface area contributed by atoms with Gasteiger partial charge >= 0.3 is 0 Å². The van der Waals surface area contributed by atoms with Crippen molar-refractivity contribution < 1.29 is 5.11 Å². The van der Waals surface area contributed by atoms with Gasteiger partial charge in [-0.05, 0) is 96.3 Å². The van der Waals surface area contributed by atoms with Crippen LogP contribution < -0.4 is 0 Å². The van der Waals surface area contributed by atoms with Crippen LogP contribution in [0.5, 0.6) is 0 Å². The molecule has 5 rings (SSSR count). The molecule has 3 aromatic rings. The number of halogens is 2. The molecule has 0 aliphatic carbocycles. The number of benzene rings is 2. The lowest BCUT2D eigenvalue weighted by atomic mass is 9.87. The summed E-state index contributed by atoms with van der Waals surface area (Å²) in [6.07, 6.45) is 3.81. The normalized spacial score (nSPS) is 22.8. The summed E-state index contributed by atoms with van der Waals surface area (Å²) in [7, 11) is 0. The molecule has 0 spiro atoms. The molecule has 36 heavy (non-hydrogen) atoms. The van der Waals surface area contributed by atoms with Crippen molar-refractivity contribution in [2.24, 2.45) is 11.8 Å². The number of nitrogens with zero attached hydrogens (tertiary/aromatic N) is 2. The molecule has 3 heterocycles. The topological polar surface area (TPSA) is 26.7 Å². The maximum absolute atomic E-state index is 10.6. The molecule has 2 fully saturated rings. The van der Waals surface area contributed by atoms with E-state index in [0.29, 0.717) is 22.8 Å². The van der Waals surface area contributed by atoms with E-state index in [1.54, 1.807) is 11.3 Å². The first kappa shape index (κ1) is 26.2. The van der Waals surface area contributed by atoms with Gasteiger partial charge in [0.05, 0.1) is 6.10 Å². The summed E-state index contributed by atoms with van der Waals surface area (Å²) in [6, 6.07) is 18.5. The fourth-order valence-corrected chi connectivity index (χ4v) is 7.31. The smallest absolute Gasteiger partial charge is 0.0583 e. The molecule has 2 unspecified atom stereocenters. The van der Waals surface area contributed by atoms with Gasteiger partial charge in [-0.2, -0.15) is 11.3 Å². The van der Waals surface area contributed by atoms with Gasteiger partial charge in [-0.15, -0.1) is 0 Å². The minimum atomic E-state index is -0.241. The molecule has 6 heteroatoms. The number of hydrogen-bond acceptors (Lipinski definition) is 4. The Kier molecular flexibility index (Phi) is 9.05. The first-order valence-electron chi connectivity index (χ1n) is 13.2. The van der Waals surface area contributed by atoms with Crippen LogP contribution in [-0.4, -0.2) is 53.7 Å². The standard InChI is InChI=1S/C30H36Cl2N2OS/c31-27-7-6-24(30(32)16-27)17-34-19-26(29(20-34)25-10-13-36-21-25)18-33-11-8-23(9-12-33)15-28(35)14-22-4-2-1-3-5-22/h1-7,10,13,16,21,23,26,28-29,35H,8-9,11-12,14-15,17-20H2/t26?,28-,29?/m1/s1. The van der Waals surface area contributed by atoms with Crippen molar-refractivity contribution in [1.29, 1.82) is 0 Å². The average Bonchev–Trinajstić information content (AvgIpc) is 3.53. The molecule has 0 saturated carbocycles. The van der Waals surface area contributed by atoms with Crippen molar-refractivity contribution in [2.75, 3.05) is 32.7 Å². The van der Waals surface area contributed by atoms with Crippen LogP contribution in [0.15, 0.2) is 65.4 Å². The minimum absolute atomic E-state index is 0.241. The van der Waals surface area contributed by atoms with Crippen LogP contribution in [0.4, 0.5) is 0 Å². The summed E-state index contributed by atoms with van der Waals surface area (Å²) < 4.78 is 0. The van der Waals surface area contributed by atoms with E-state index < -0.39 is 0 Å². The van der Waals surface area contributed by atoms with Crippen LogP contribution in [0.1, 0.15) is 41.9 Å². The summed E-state index contributed by atoms with van der Waals surface area (Å²) in [6.45, 7) is 6.45. The third-order valence-corrected chi connectivity index (χ3v) is 9.30. The quantitative estimate of drug-likeness (QED) is 0.316. The highest BCUT2D eigenvalue weighted by Gasteiger charge is 2.36. The zero-order valence-corrected chi connectivity index (χ0v) is 23.1. The predicted molar refractivity (Wildman–Crippen MR) is 152 cm³/mol. The first-order valence-corrected chi connectivity index (χ1v) is 14.9. The summed E-state index contributed by atoms with van der Waals surface area (Å²) in [4.78, 5) is 5.23. The highest BCUT2D eigenvalue weighted by molar-refractivity contribution is 7.08. The second kappa shape index (κ2) is 12.4. The van der Waals surface area contributed by atoms with E-state index >= 15 is 0 Å². The van der Waals surface area contributed by atoms with Crippen LogP contribution in [0, 0.1) is 11.8 Å². The van der Waals surface area contributed by atoms with Gasteiger partial charge in [-0.3, -0.25) is 4.90 Å². The highest BCUT2D eigenvalue weighted by atomic mass is 35.5. The van der Waals surface area contributed by atoms with Gasteiger partial charge in [0.1, 0.15) is 0 Å². The van der Waals surface area contributed by atoms with Crippen LogP contribution in [0.2, 0.25) is 10.0 Å². The van der Waals surface area contributed by atoms with Gasteiger partial charge in [0, 0.05) is 42.1 Å². The van der Waals surface area contributed by atoms with E-state index in [-0.39, 0.29) is 6.10 Å². The summed E-state index contributed by atoms with van der Waals surface area (Å²) in [5.74, 6) is 1.80. The van der Waals surface area contributed by atoms with E-state index in [9.17, 15) is 5.11 Å². The van der Waals surface area contributed by atoms with Gasteiger partial charge in [0.15, 0.2) is 0 Å². The van der Waals surface area contributed by atoms with E-state index in [1.807, 2.05) is 18.2 Å². The van der Waals surface area contributed by atoms with Crippen molar-refractivity contribution in [3.8, 4) is 0 Å². The lowest BCUT2D eigenvalue weighted by Gasteiger charge is -2.35. The third kappa shape index (κ3) is 6.92. The van der Waals surface area contributed by atoms with E-state index in [1.165, 1.54) is 24.0 Å². The Morgan fingerprint density at radius 3 is 2.50 bits per heavy atom. The molecule has 1 N–H and O–H groups in total. The molecule has 192 valence electrons. The maximum atomic E-state index is 10.6. The second-order valence-corrected chi connectivity index (χ2v) is 12.3. The Morgan fingerprint density at radius 2 is 1.78 bits per heavy atom. The Labute approximate surface area is 229 Å². The SMILES string of the molecule is O[C@H](Cc1ccccc1)CC1CCN(CC2CN(Cc3ccc(Cl)cc3Cl)CC2c2ccsc2)CC1. The molecule has 2 aromatic carbocycles. The van der Waals surface area contributed by atoms with Crippen molar-refractivity contribution in [1.82, 2.24) is 9.80 Å². The molecular formula is C30H36Cl2N2OS. The number of rotatable bonds is 9. The number of piperidine rings is 1. The lowest BCUT2D eigenvalue weighted by Crippen LogP contribution is -2.39. The number of thiophene rings is 1. The van der Waals surface area contributed by atoms with Gasteiger partial charge in [0.25, 0.3) is 0 Å². The molecular weight excluding hydrogens is 507 g/mol. The fraction of sp³-hybridized carbons (Fsp3) is 0.467. The van der Waals surface area contributed by atoms with Crippen molar-refractivity contribution in [3.63, 3.8) is 0 Å². The average molecular weight is 544 g/mol. The molecule has 2 saturated heterocycles. The molecule has 0 amide bonds. The number of likely N-dealkylation sites (tertiary alicyclic amines) is 2. The lowest BCUT2D eigenvalue weighted by molar-refractivity contribution is 0.101. The summed E-state index contributed by atoms with van der Waals surface area (Å²) in [5, 5.41) is 16.6. The Hall–Kier alpha value is -1.40. The monoisotopic (exact) mass is 542 g/mol. The largest absolute Gasteiger partial charge is 0.393 e. The molecule has 2 aliphatic heterocycles. The van der Waals surface area contributed by atoms with Crippen LogP contribution in [0.3, 0.4) is 0 Å². The van der Waals surface area contributed by atoms with Crippen molar-refractivity contribution >= 4 is 34.5 Å². The highest BCUT2D eigenvalue weighted by Crippen LogP contribution is 2.37. The first-order chi connectivity index (χ1) is 17.5. The number of aliphatic hydroxyl groups is 1. The van der Waals surface area contributed by atoms with E-state index in [0.717, 1.165) is 62.7 Å². The Bertz CT molecular complexity index is 1090. The zero-order chi connectivity index (χ0) is 24.9. The van der Waals surface area contributed by atoms with Gasteiger partial charge < -0.3 is 10.0 Å². The molecule has 2 aliphatic rings. The van der Waals surface area contributed by atoms with Gasteiger partial charge in [-0.1, -0.05) is 59.6 Å². The third-order valence-electron chi connectivity index (χ3n) is 8.02. The molecule has 3 atom stereocenters. The van der Waals surface area contributed by atoms with Crippen LogP contribution in [0.25, 0.3) is 0 Å². The van der Waals surface area contributed by atoms with Gasteiger partial charge in [-0.25, -0.2) is 0 Å². The Morgan fingerprint density at radius 1 is 0.972 bits per heavy atom. The molecule has 1 aromatic heterocycles. The summed E-state index contributed by atoms with van der Waals surface area (Å²) >= 11 is 14.4. The van der Waals surface area contributed by atoms with Crippen LogP contribution >= 0.6 is 34.5 Å². The number of hydrogen-bond donors (Lipinski definition) is 1. The van der Waals surface area contributed by atoms with E-state index in [4.69, 9.17) is 23.2 Å². The summed E-state index contributed by atoms with van der Waals surface area (Å²) in [5.41, 5.74) is 3.86. The van der Waals surface area contributed by atoms with E-state index in [2.05, 4.69) is 57.0 Å². The zero-order valence-electron chi connectivity index (χ0n) is 20.7. The van der Waals surface area contributed by atoms with Crippen molar-refractivity contribution in [2.45, 2.75) is 44.2 Å². The fourth-order valence-electron chi connectivity index (χ4n) is 6.12. The van der Waals surface area contributed by atoms with Crippen LogP contribution in [-0.2, 0) is 13.0 Å². The minimum Gasteiger partial charge on any atom is -0.393 e. The predicted octanol–water partition coefficient (Wildman–Crippen LogP) is 6.98. The van der Waals surface area contributed by atoms with Crippen molar-refractivity contribution in [3.05, 3.63) is 92.1 Å². The van der Waals surface area contributed by atoms with Gasteiger partial charge in [0.2, 0.25) is 0 Å². The molecule has 0 radical (unpaired) electrons. The molecule has 0 bridgehead atoms.